The first-order chi connectivity index (χ1) is 16.4. The summed E-state index contributed by atoms with van der Waals surface area (Å²) in [6.07, 6.45) is -1.13. The molecule has 1 heterocycles. The summed E-state index contributed by atoms with van der Waals surface area (Å²) in [4.78, 5) is 25.4. The highest BCUT2D eigenvalue weighted by molar-refractivity contribution is 7.92. The summed E-state index contributed by atoms with van der Waals surface area (Å²) in [5.41, 5.74) is 1.46. The van der Waals surface area contributed by atoms with Gasteiger partial charge in [0.1, 0.15) is 5.75 Å². The van der Waals surface area contributed by atoms with Crippen LogP contribution in [0.5, 0.6) is 5.75 Å². The number of nitrogens with one attached hydrogen (secondary N) is 1. The minimum atomic E-state index is -3.82. The second-order valence-corrected chi connectivity index (χ2v) is 9.50. The lowest BCUT2D eigenvalue weighted by Crippen LogP contribution is -2.49. The molecule has 0 saturated carbocycles. The number of fused-ring (bicyclic) bond motifs is 1. The first kappa shape index (κ1) is 23.3. The summed E-state index contributed by atoms with van der Waals surface area (Å²) in [5.74, 6) is -1.09. The van der Waals surface area contributed by atoms with E-state index in [1.54, 1.807) is 79.7 Å². The van der Waals surface area contributed by atoms with Crippen LogP contribution in [0.4, 0.5) is 11.4 Å². The average Bonchev–Trinajstić information content (AvgIpc) is 2.84. The summed E-state index contributed by atoms with van der Waals surface area (Å²) in [5, 5.41) is 2.69. The van der Waals surface area contributed by atoms with Crippen molar-refractivity contribution in [3.05, 3.63) is 90.0 Å². The Balaban J connectivity index is 1.60. The zero-order valence-corrected chi connectivity index (χ0v) is 19.3. The van der Waals surface area contributed by atoms with Gasteiger partial charge in [-0.15, -0.1) is 0 Å². The van der Waals surface area contributed by atoms with Crippen molar-refractivity contribution in [1.82, 2.24) is 0 Å². The lowest BCUT2D eigenvalue weighted by atomic mass is 10.1. The van der Waals surface area contributed by atoms with Crippen molar-refractivity contribution >= 4 is 33.3 Å². The minimum Gasteiger partial charge on any atom is -0.476 e. The Bertz CT molecular complexity index is 1290. The molecule has 0 aromatic heterocycles. The average molecular weight is 481 g/mol. The monoisotopic (exact) mass is 480 g/mol. The highest BCUT2D eigenvalue weighted by atomic mass is 32.2. The number of hydrogen-bond acceptors (Lipinski definition) is 6. The first-order valence-corrected chi connectivity index (χ1v) is 12.4. The number of carbonyl (C=O) groups excluding carboxylic acids is 2. The van der Waals surface area contributed by atoms with Crippen LogP contribution < -0.4 is 14.4 Å². The van der Waals surface area contributed by atoms with Crippen LogP contribution in [0.3, 0.4) is 0 Å². The normalized spacial score (nSPS) is 15.1. The molecule has 9 heteroatoms. The van der Waals surface area contributed by atoms with Gasteiger partial charge in [0.05, 0.1) is 35.8 Å². The van der Waals surface area contributed by atoms with Gasteiger partial charge in [0.15, 0.2) is 6.10 Å². The van der Waals surface area contributed by atoms with Gasteiger partial charge in [0.2, 0.25) is 10.0 Å². The zero-order valence-electron chi connectivity index (χ0n) is 18.5. The number of ether oxygens (including phenoxy) is 2. The van der Waals surface area contributed by atoms with E-state index in [0.29, 0.717) is 11.3 Å². The minimum absolute atomic E-state index is 0.192. The molecule has 0 fully saturated rings. The Morgan fingerprint density at radius 1 is 1.00 bits per heavy atom. The molecule has 8 nitrogen and oxygen atoms in total. The summed E-state index contributed by atoms with van der Waals surface area (Å²) in [7, 11) is -3.82. The lowest BCUT2D eigenvalue weighted by molar-refractivity contribution is -0.122. The molecule has 3 aromatic rings. The van der Waals surface area contributed by atoms with Gasteiger partial charge in [-0.2, -0.15) is 0 Å². The van der Waals surface area contributed by atoms with Gasteiger partial charge in [-0.3, -0.25) is 9.10 Å². The van der Waals surface area contributed by atoms with Gasteiger partial charge in [0, 0.05) is 0 Å². The van der Waals surface area contributed by atoms with Gasteiger partial charge in [-0.1, -0.05) is 54.6 Å². The summed E-state index contributed by atoms with van der Waals surface area (Å²) in [6.45, 7) is 1.67. The van der Waals surface area contributed by atoms with Crippen LogP contribution in [0.15, 0.2) is 78.9 Å². The van der Waals surface area contributed by atoms with Crippen LogP contribution in [-0.4, -0.2) is 39.5 Å². The van der Waals surface area contributed by atoms with Crippen molar-refractivity contribution in [2.45, 2.75) is 18.8 Å². The molecule has 0 aliphatic carbocycles. The molecule has 1 aliphatic rings. The summed E-state index contributed by atoms with van der Waals surface area (Å²) in [6, 6.07) is 22.0. The Morgan fingerprint density at radius 3 is 2.44 bits per heavy atom. The third kappa shape index (κ3) is 5.04. The van der Waals surface area contributed by atoms with E-state index in [9.17, 15) is 18.0 Å². The van der Waals surface area contributed by atoms with E-state index in [0.717, 1.165) is 0 Å². The number of carbonyl (C=O) groups is 2. The number of para-hydroxylation sites is 3. The number of amides is 1. The third-order valence-electron chi connectivity index (χ3n) is 5.24. The van der Waals surface area contributed by atoms with E-state index < -0.39 is 28.0 Å². The van der Waals surface area contributed by atoms with Crippen LogP contribution in [-0.2, 0) is 25.3 Å². The van der Waals surface area contributed by atoms with E-state index in [-0.39, 0.29) is 35.9 Å². The standard InChI is InChI=1S/C25H24N2O6S/c1-2-32-25(29)19-12-6-7-13-20(19)26-24(28)23-16-27(21-14-8-9-15-22(21)33-23)34(30,31)17-18-10-4-3-5-11-18/h3-15,23H,2,16-17H2,1H3,(H,26,28). The summed E-state index contributed by atoms with van der Waals surface area (Å²) >= 11 is 0. The fourth-order valence-corrected chi connectivity index (χ4v) is 5.24. The van der Waals surface area contributed by atoms with E-state index >= 15 is 0 Å². The molecule has 3 aromatic carbocycles. The van der Waals surface area contributed by atoms with Crippen LogP contribution in [0, 0.1) is 0 Å². The molecule has 1 unspecified atom stereocenters. The molecule has 0 bridgehead atoms. The van der Waals surface area contributed by atoms with Gasteiger partial charge >= 0.3 is 5.97 Å². The Labute approximate surface area is 198 Å². The maximum Gasteiger partial charge on any atom is 0.340 e. The van der Waals surface area contributed by atoms with Crippen molar-refractivity contribution in [2.75, 3.05) is 22.8 Å². The van der Waals surface area contributed by atoms with E-state index in [4.69, 9.17) is 9.47 Å². The fourth-order valence-electron chi connectivity index (χ4n) is 3.66. The van der Waals surface area contributed by atoms with E-state index in [1.807, 2.05) is 6.07 Å². The molecular weight excluding hydrogens is 456 g/mol. The number of sulfonamides is 1. The molecule has 0 spiro atoms. The molecule has 1 N–H and O–H groups in total. The van der Waals surface area contributed by atoms with Crippen molar-refractivity contribution in [3.63, 3.8) is 0 Å². The second-order valence-electron chi connectivity index (χ2n) is 7.60. The molecule has 1 atom stereocenters. The Kier molecular flexibility index (Phi) is 6.83. The van der Waals surface area contributed by atoms with Gasteiger partial charge in [0.25, 0.3) is 5.91 Å². The van der Waals surface area contributed by atoms with Crippen molar-refractivity contribution < 1.29 is 27.5 Å². The first-order valence-electron chi connectivity index (χ1n) is 10.8. The van der Waals surface area contributed by atoms with Crippen molar-refractivity contribution in [2.24, 2.45) is 0 Å². The van der Waals surface area contributed by atoms with Gasteiger partial charge in [-0.25, -0.2) is 13.2 Å². The molecule has 4 rings (SSSR count). The highest BCUT2D eigenvalue weighted by Gasteiger charge is 2.37. The predicted octanol–water partition coefficient (Wildman–Crippen LogP) is 3.60. The molecule has 34 heavy (non-hydrogen) atoms. The maximum atomic E-state index is 13.3. The number of esters is 1. The molecular formula is C25H24N2O6S. The smallest absolute Gasteiger partial charge is 0.340 e. The second kappa shape index (κ2) is 9.96. The Hall–Kier alpha value is -3.85. The molecule has 1 amide bonds. The van der Waals surface area contributed by atoms with E-state index in [1.165, 1.54) is 4.31 Å². The number of rotatable bonds is 7. The number of benzene rings is 3. The van der Waals surface area contributed by atoms with Gasteiger partial charge in [-0.05, 0) is 36.8 Å². The van der Waals surface area contributed by atoms with Crippen molar-refractivity contribution in [1.29, 1.82) is 0 Å². The van der Waals surface area contributed by atoms with Crippen LogP contribution >= 0.6 is 0 Å². The lowest BCUT2D eigenvalue weighted by Gasteiger charge is -2.34. The zero-order chi connectivity index (χ0) is 24.1. The van der Waals surface area contributed by atoms with Gasteiger partial charge < -0.3 is 14.8 Å². The van der Waals surface area contributed by atoms with Crippen molar-refractivity contribution in [3.8, 4) is 5.75 Å². The Morgan fingerprint density at radius 2 is 1.68 bits per heavy atom. The van der Waals surface area contributed by atoms with Crippen LogP contribution in [0.1, 0.15) is 22.8 Å². The van der Waals surface area contributed by atoms with Crippen LogP contribution in [0.25, 0.3) is 0 Å². The predicted molar refractivity (Wildman–Crippen MR) is 128 cm³/mol. The SMILES string of the molecule is CCOC(=O)c1ccccc1NC(=O)C1CN(S(=O)(=O)Cc2ccccc2)c2ccccc2O1. The third-order valence-corrected chi connectivity index (χ3v) is 6.95. The van der Waals surface area contributed by atoms with Crippen LogP contribution in [0.2, 0.25) is 0 Å². The fraction of sp³-hybridized carbons (Fsp3) is 0.200. The maximum absolute atomic E-state index is 13.3. The molecule has 176 valence electrons. The van der Waals surface area contributed by atoms with E-state index in [2.05, 4.69) is 5.32 Å². The number of hydrogen-bond donors (Lipinski definition) is 1. The molecule has 0 radical (unpaired) electrons. The number of nitrogens with zero attached hydrogens (tertiary/aromatic N) is 1. The quantitative estimate of drug-likeness (QED) is 0.519. The summed E-state index contributed by atoms with van der Waals surface area (Å²) < 4.78 is 38.8. The largest absolute Gasteiger partial charge is 0.476 e. The topological polar surface area (TPSA) is 102 Å². The molecule has 0 saturated heterocycles. The highest BCUT2D eigenvalue weighted by Crippen LogP contribution is 2.36. The molecule has 1 aliphatic heterocycles. The number of anilines is 2.